The highest BCUT2D eigenvalue weighted by Gasteiger charge is 2.30. The summed E-state index contributed by atoms with van der Waals surface area (Å²) >= 11 is 5.86. The molecule has 3 aromatic rings. The number of halogens is 1. The van der Waals surface area contributed by atoms with Crippen LogP contribution < -0.4 is 10.3 Å². The van der Waals surface area contributed by atoms with Crippen molar-refractivity contribution in [3.63, 3.8) is 0 Å². The molecule has 8 heteroatoms. The smallest absolute Gasteiger partial charge is 0.258 e. The fraction of sp³-hybridized carbons (Fsp3) is 0.333. The van der Waals surface area contributed by atoms with Crippen molar-refractivity contribution >= 4 is 23.4 Å². The lowest BCUT2D eigenvalue weighted by atomic mass is 9.93. The first kappa shape index (κ1) is 23.8. The molecule has 0 spiro atoms. The van der Waals surface area contributed by atoms with E-state index in [1.165, 1.54) is 17.2 Å². The molecule has 1 saturated heterocycles. The van der Waals surface area contributed by atoms with Crippen molar-refractivity contribution in [2.45, 2.75) is 44.6 Å². The zero-order valence-corrected chi connectivity index (χ0v) is 20.1. The number of aromatic nitrogens is 2. The van der Waals surface area contributed by atoms with E-state index in [0.717, 1.165) is 29.8 Å². The van der Waals surface area contributed by atoms with E-state index >= 15 is 0 Å². The quantitative estimate of drug-likeness (QED) is 0.525. The summed E-state index contributed by atoms with van der Waals surface area (Å²) in [5, 5.41) is 20.1. The van der Waals surface area contributed by atoms with E-state index in [0.29, 0.717) is 30.3 Å². The van der Waals surface area contributed by atoms with E-state index in [9.17, 15) is 15.0 Å². The number of allylic oxidation sites excluding steroid dienone is 1. The Morgan fingerprint density at radius 2 is 2.03 bits per heavy atom. The van der Waals surface area contributed by atoms with Crippen LogP contribution in [0.4, 0.5) is 0 Å². The Morgan fingerprint density at radius 1 is 1.14 bits per heavy atom. The second-order valence-corrected chi connectivity index (χ2v) is 9.59. The van der Waals surface area contributed by atoms with Crippen molar-refractivity contribution in [2.75, 3.05) is 13.2 Å². The van der Waals surface area contributed by atoms with Gasteiger partial charge in [0, 0.05) is 43.3 Å². The number of aliphatic hydroxyl groups is 2. The van der Waals surface area contributed by atoms with Gasteiger partial charge in [0.25, 0.3) is 5.56 Å². The van der Waals surface area contributed by atoms with Gasteiger partial charge in [0.1, 0.15) is 12.4 Å². The van der Waals surface area contributed by atoms with Crippen LogP contribution in [0.25, 0.3) is 11.8 Å². The summed E-state index contributed by atoms with van der Waals surface area (Å²) in [6, 6.07) is 13.2. The maximum Gasteiger partial charge on any atom is 0.258 e. The number of aryl methyl sites for hydroxylation is 1. The summed E-state index contributed by atoms with van der Waals surface area (Å²) in [5.74, 6) is 0.498. The number of likely N-dealkylation sites (tertiary alicyclic amines) is 1. The summed E-state index contributed by atoms with van der Waals surface area (Å²) in [4.78, 5) is 19.1. The lowest BCUT2D eigenvalue weighted by Gasteiger charge is -2.24. The predicted octanol–water partition coefficient (Wildman–Crippen LogP) is 3.35. The van der Waals surface area contributed by atoms with Gasteiger partial charge in [-0.1, -0.05) is 29.8 Å². The molecule has 0 bridgehead atoms. The lowest BCUT2D eigenvalue weighted by Crippen LogP contribution is -2.31. The van der Waals surface area contributed by atoms with Crippen molar-refractivity contribution < 1.29 is 14.9 Å². The number of hydrogen-bond acceptors (Lipinski definition) is 6. The highest BCUT2D eigenvalue weighted by molar-refractivity contribution is 6.30. The number of aliphatic hydroxyl groups excluding tert-OH is 2. The first-order chi connectivity index (χ1) is 17.0. The minimum atomic E-state index is -0.375. The predicted molar refractivity (Wildman–Crippen MR) is 135 cm³/mol. The first-order valence-electron chi connectivity index (χ1n) is 11.8. The van der Waals surface area contributed by atoms with Gasteiger partial charge in [0.05, 0.1) is 23.4 Å². The van der Waals surface area contributed by atoms with Crippen molar-refractivity contribution in [2.24, 2.45) is 0 Å². The van der Waals surface area contributed by atoms with Crippen LogP contribution in [0, 0.1) is 0 Å². The van der Waals surface area contributed by atoms with Crippen molar-refractivity contribution in [1.29, 1.82) is 0 Å². The molecule has 0 radical (unpaired) electrons. The number of β-amino-alcohol motifs (C(OH)–C–C–N with tert-alkyl or cyclic N) is 1. The van der Waals surface area contributed by atoms with Gasteiger partial charge in [-0.25, -0.2) is 0 Å². The Kier molecular flexibility index (Phi) is 7.02. The van der Waals surface area contributed by atoms with Crippen LogP contribution in [0.2, 0.25) is 5.02 Å². The largest absolute Gasteiger partial charge is 0.487 e. The topological polar surface area (TPSA) is 87.8 Å². The van der Waals surface area contributed by atoms with Gasteiger partial charge >= 0.3 is 0 Å². The van der Waals surface area contributed by atoms with Gasteiger partial charge < -0.3 is 14.9 Å². The summed E-state index contributed by atoms with van der Waals surface area (Å²) in [6.45, 7) is 1.61. The van der Waals surface area contributed by atoms with E-state index in [2.05, 4.69) is 34.2 Å². The third kappa shape index (κ3) is 5.49. The molecule has 5 rings (SSSR count). The Bertz CT molecular complexity index is 1290. The highest BCUT2D eigenvalue weighted by Crippen LogP contribution is 2.28. The maximum absolute atomic E-state index is 12.8. The van der Waals surface area contributed by atoms with Crippen LogP contribution in [0.15, 0.2) is 59.7 Å². The van der Waals surface area contributed by atoms with Gasteiger partial charge in [-0.2, -0.15) is 0 Å². The van der Waals surface area contributed by atoms with Gasteiger partial charge in [0.2, 0.25) is 0 Å². The monoisotopic (exact) mass is 493 g/mol. The molecule has 0 saturated carbocycles. The molecule has 3 heterocycles. The standard InChI is InChI=1S/C27H28ClN3O4/c28-21-4-5-22(29-13-21)17-35-26-7-8-31(27(34)12-26)23-6-3-19-9-18(1-2-20(19)10-23)14-30-15-25(33)11-24(30)16-32/h1-2,4-5,7-10,12-13,24-25,32-33H,3,6,11,14-17H2/t24-,25+/m1/s1. The van der Waals surface area contributed by atoms with Gasteiger partial charge in [-0.15, -0.1) is 0 Å². The van der Waals surface area contributed by atoms with Crippen molar-refractivity contribution in [3.8, 4) is 5.75 Å². The van der Waals surface area contributed by atoms with Crippen LogP contribution >= 0.6 is 11.6 Å². The fourth-order valence-electron chi connectivity index (χ4n) is 4.83. The Morgan fingerprint density at radius 3 is 2.80 bits per heavy atom. The summed E-state index contributed by atoms with van der Waals surface area (Å²) in [7, 11) is 0. The second-order valence-electron chi connectivity index (χ2n) is 9.15. The van der Waals surface area contributed by atoms with Crippen molar-refractivity contribution in [1.82, 2.24) is 14.5 Å². The average Bonchev–Trinajstić information content (AvgIpc) is 3.22. The van der Waals surface area contributed by atoms with Gasteiger partial charge in [-0.05, 0) is 60.2 Å². The van der Waals surface area contributed by atoms with E-state index in [4.69, 9.17) is 16.3 Å². The third-order valence-corrected chi connectivity index (χ3v) is 6.88. The molecule has 1 aliphatic carbocycles. The molecule has 7 nitrogen and oxygen atoms in total. The minimum Gasteiger partial charge on any atom is -0.487 e. The molecule has 2 atom stereocenters. The number of fused-ring (bicyclic) bond motifs is 1. The van der Waals surface area contributed by atoms with Crippen LogP contribution in [0.5, 0.6) is 5.75 Å². The van der Waals surface area contributed by atoms with Crippen LogP contribution in [0.1, 0.15) is 35.2 Å². The zero-order chi connectivity index (χ0) is 24.4. The number of pyridine rings is 2. The molecule has 0 amide bonds. The highest BCUT2D eigenvalue weighted by atomic mass is 35.5. The summed E-state index contributed by atoms with van der Waals surface area (Å²) < 4.78 is 7.40. The zero-order valence-electron chi connectivity index (χ0n) is 19.3. The molecule has 2 aliphatic rings. The molecular formula is C27H28ClN3O4. The van der Waals surface area contributed by atoms with E-state index in [-0.39, 0.29) is 30.9 Å². The number of nitrogens with zero attached hydrogens (tertiary/aromatic N) is 3. The number of hydrogen-bond donors (Lipinski definition) is 2. The van der Waals surface area contributed by atoms with Gasteiger partial charge in [0.15, 0.2) is 0 Å². The van der Waals surface area contributed by atoms with Crippen LogP contribution in [0.3, 0.4) is 0 Å². The first-order valence-corrected chi connectivity index (χ1v) is 12.2. The van der Waals surface area contributed by atoms with Gasteiger partial charge in [-0.3, -0.25) is 19.2 Å². The van der Waals surface area contributed by atoms with E-state index < -0.39 is 0 Å². The Labute approximate surface area is 208 Å². The summed E-state index contributed by atoms with van der Waals surface area (Å²) in [5.41, 5.74) is 5.07. The number of rotatable bonds is 7. The van der Waals surface area contributed by atoms with E-state index in [1.54, 1.807) is 35.2 Å². The molecular weight excluding hydrogens is 466 g/mol. The molecule has 2 aromatic heterocycles. The SMILES string of the molecule is O=c1cc(OCc2ccc(Cl)cn2)ccn1C1=Cc2ccc(CN3C[C@@H](O)C[C@@H]3CO)cc2CC1. The molecule has 2 N–H and O–H groups in total. The maximum atomic E-state index is 12.8. The van der Waals surface area contributed by atoms with Crippen LogP contribution in [-0.2, 0) is 19.6 Å². The minimum absolute atomic E-state index is 0.00816. The molecule has 1 aliphatic heterocycles. The Balaban J connectivity index is 1.27. The normalized spacial score (nSPS) is 19.9. The molecule has 0 unspecified atom stereocenters. The number of benzene rings is 1. The summed E-state index contributed by atoms with van der Waals surface area (Å²) in [6.07, 6.45) is 7.23. The molecule has 182 valence electrons. The number of ether oxygens (including phenoxy) is 1. The van der Waals surface area contributed by atoms with Crippen LogP contribution in [-0.4, -0.2) is 50.0 Å². The fourth-order valence-corrected chi connectivity index (χ4v) is 4.94. The van der Waals surface area contributed by atoms with E-state index in [1.807, 2.05) is 0 Å². The lowest BCUT2D eigenvalue weighted by molar-refractivity contribution is 0.150. The second kappa shape index (κ2) is 10.3. The molecule has 35 heavy (non-hydrogen) atoms. The van der Waals surface area contributed by atoms with Crippen molar-refractivity contribution in [3.05, 3.63) is 92.6 Å². The third-order valence-electron chi connectivity index (χ3n) is 6.66. The molecule has 1 fully saturated rings. The average molecular weight is 494 g/mol. The molecule has 1 aromatic carbocycles. The Hall–Kier alpha value is -2.97.